The van der Waals surface area contributed by atoms with Crippen LogP contribution in [0.4, 0.5) is 16.4 Å². The molecule has 4 aromatic rings. The maximum atomic E-state index is 12.7. The molecule has 0 aromatic carbocycles. The number of nitrogens with zero attached hydrogens (tertiary/aromatic N) is 8. The number of aromatic nitrogens is 7. The van der Waals surface area contributed by atoms with Gasteiger partial charge in [-0.15, -0.1) is 5.10 Å². The molecule has 0 saturated carbocycles. The van der Waals surface area contributed by atoms with Crippen LogP contribution in [-0.4, -0.2) is 64.2 Å². The fraction of sp³-hybridized carbons (Fsp3) is 0.294. The molecule has 0 bridgehead atoms. The van der Waals surface area contributed by atoms with Crippen molar-refractivity contribution in [1.82, 2.24) is 39.1 Å². The van der Waals surface area contributed by atoms with Crippen molar-refractivity contribution < 1.29 is 4.79 Å². The third-order valence-corrected chi connectivity index (χ3v) is 4.70. The van der Waals surface area contributed by atoms with Crippen LogP contribution in [0, 0.1) is 6.92 Å². The van der Waals surface area contributed by atoms with Crippen molar-refractivity contribution in [1.29, 1.82) is 0 Å². The zero-order valence-corrected chi connectivity index (χ0v) is 15.1. The number of rotatable bonds is 3. The van der Waals surface area contributed by atoms with E-state index in [-0.39, 0.29) is 12.1 Å². The Labute approximate surface area is 159 Å². The molecule has 28 heavy (non-hydrogen) atoms. The van der Waals surface area contributed by atoms with Gasteiger partial charge < -0.3 is 10.2 Å². The number of urea groups is 1. The van der Waals surface area contributed by atoms with Crippen LogP contribution in [0.3, 0.4) is 0 Å². The zero-order valence-electron chi connectivity index (χ0n) is 15.1. The molecule has 5 heterocycles. The lowest BCUT2D eigenvalue weighted by atomic mass is 10.2. The summed E-state index contributed by atoms with van der Waals surface area (Å²) < 4.78 is 3.23. The summed E-state index contributed by atoms with van der Waals surface area (Å²) in [6, 6.07) is 5.53. The average molecular weight is 378 g/mol. The molecule has 2 amide bonds. The third kappa shape index (κ3) is 2.96. The highest BCUT2D eigenvalue weighted by Crippen LogP contribution is 2.17. The Kier molecular flexibility index (Phi) is 3.78. The predicted molar refractivity (Wildman–Crippen MR) is 101 cm³/mol. The second-order valence-electron chi connectivity index (χ2n) is 6.71. The summed E-state index contributed by atoms with van der Waals surface area (Å²) in [6.07, 6.45) is 5.76. The van der Waals surface area contributed by atoms with E-state index >= 15 is 0 Å². The number of nitrogens with one attached hydrogen (secondary N) is 2. The second-order valence-corrected chi connectivity index (χ2v) is 6.71. The number of hydrogen-bond acceptors (Lipinski definition) is 7. The van der Waals surface area contributed by atoms with Crippen LogP contribution >= 0.6 is 0 Å². The number of fused-ring (bicyclic) bond motifs is 2. The van der Waals surface area contributed by atoms with Crippen molar-refractivity contribution in [3.63, 3.8) is 0 Å². The molecular formula is C17H18N10O. The fourth-order valence-corrected chi connectivity index (χ4v) is 3.37. The van der Waals surface area contributed by atoms with Gasteiger partial charge in [-0.2, -0.15) is 14.6 Å². The molecule has 1 aliphatic heterocycles. The number of aryl methyl sites for hydroxylation is 1. The number of carbonyl (C=O) groups excluding carboxylic acids is 1. The van der Waals surface area contributed by atoms with Crippen LogP contribution in [-0.2, 0) is 0 Å². The fourth-order valence-electron chi connectivity index (χ4n) is 3.37. The van der Waals surface area contributed by atoms with Crippen LogP contribution in [0.15, 0.2) is 36.9 Å². The van der Waals surface area contributed by atoms with Gasteiger partial charge in [-0.3, -0.25) is 5.32 Å². The molecule has 1 unspecified atom stereocenters. The molecule has 0 aliphatic carbocycles. The first-order valence-corrected chi connectivity index (χ1v) is 8.96. The van der Waals surface area contributed by atoms with E-state index in [4.69, 9.17) is 0 Å². The Morgan fingerprint density at radius 3 is 3.14 bits per heavy atom. The molecule has 11 nitrogen and oxygen atoms in total. The maximum Gasteiger partial charge on any atom is 0.323 e. The third-order valence-electron chi connectivity index (χ3n) is 4.70. The minimum absolute atomic E-state index is 0.129. The topological polar surface area (TPSA) is 118 Å². The number of amides is 2. The largest absolute Gasteiger partial charge is 0.364 e. The molecule has 11 heteroatoms. The van der Waals surface area contributed by atoms with Crippen LogP contribution in [0.1, 0.15) is 12.1 Å². The Hall–Kier alpha value is -3.76. The van der Waals surface area contributed by atoms with E-state index in [2.05, 4.69) is 35.8 Å². The quantitative estimate of drug-likeness (QED) is 0.550. The number of likely N-dealkylation sites (tertiary alicyclic amines) is 1. The number of carbonyl (C=O) groups is 1. The average Bonchev–Trinajstić information content (AvgIpc) is 3.41. The first kappa shape index (κ1) is 16.4. The first-order valence-electron chi connectivity index (χ1n) is 8.96. The van der Waals surface area contributed by atoms with Crippen molar-refractivity contribution in [2.75, 3.05) is 23.7 Å². The molecule has 2 N–H and O–H groups in total. The van der Waals surface area contributed by atoms with Gasteiger partial charge in [-0.05, 0) is 25.5 Å². The number of hydrogen-bond donors (Lipinski definition) is 2. The molecule has 142 valence electrons. The minimum atomic E-state index is -0.176. The molecule has 1 aliphatic rings. The van der Waals surface area contributed by atoms with E-state index in [0.717, 1.165) is 23.6 Å². The van der Waals surface area contributed by atoms with E-state index in [0.29, 0.717) is 24.7 Å². The Morgan fingerprint density at radius 2 is 2.21 bits per heavy atom. The summed E-state index contributed by atoms with van der Waals surface area (Å²) in [5.41, 5.74) is 1.56. The highest BCUT2D eigenvalue weighted by Gasteiger charge is 2.27. The van der Waals surface area contributed by atoms with Gasteiger partial charge in [0.25, 0.3) is 5.78 Å². The highest BCUT2D eigenvalue weighted by atomic mass is 16.2. The molecule has 1 atom stereocenters. The molecule has 4 aromatic heterocycles. The van der Waals surface area contributed by atoms with E-state index < -0.39 is 0 Å². The summed E-state index contributed by atoms with van der Waals surface area (Å²) in [5.74, 6) is 1.76. The van der Waals surface area contributed by atoms with E-state index in [1.807, 2.05) is 19.1 Å². The Bertz CT molecular complexity index is 1170. The van der Waals surface area contributed by atoms with Gasteiger partial charge >= 0.3 is 6.03 Å². The smallest absolute Gasteiger partial charge is 0.323 e. The molecule has 0 radical (unpaired) electrons. The maximum absolute atomic E-state index is 12.7. The van der Waals surface area contributed by atoms with Gasteiger partial charge in [-0.25, -0.2) is 19.3 Å². The van der Waals surface area contributed by atoms with Crippen molar-refractivity contribution in [2.45, 2.75) is 19.4 Å². The van der Waals surface area contributed by atoms with Crippen molar-refractivity contribution >= 4 is 29.1 Å². The normalized spacial score (nSPS) is 16.8. The van der Waals surface area contributed by atoms with E-state index in [9.17, 15) is 4.79 Å². The van der Waals surface area contributed by atoms with Gasteiger partial charge in [0.1, 0.15) is 18.0 Å². The van der Waals surface area contributed by atoms with Crippen molar-refractivity contribution in [3.8, 4) is 0 Å². The molecular weight excluding hydrogens is 360 g/mol. The zero-order chi connectivity index (χ0) is 19.1. The molecule has 5 rings (SSSR count). The van der Waals surface area contributed by atoms with Gasteiger partial charge in [0.15, 0.2) is 5.65 Å². The Balaban J connectivity index is 1.26. The van der Waals surface area contributed by atoms with Gasteiger partial charge in [0.2, 0.25) is 0 Å². The van der Waals surface area contributed by atoms with Gasteiger partial charge in [0, 0.05) is 43.3 Å². The van der Waals surface area contributed by atoms with Crippen molar-refractivity contribution in [2.24, 2.45) is 0 Å². The SMILES string of the molecule is Cc1cc(NC(=O)N2CCC(Nc3ccc4nccn4n3)C2)n2ncnc2n1. The molecule has 0 spiro atoms. The lowest BCUT2D eigenvalue weighted by molar-refractivity contribution is 0.222. The number of anilines is 2. The summed E-state index contributed by atoms with van der Waals surface area (Å²) in [7, 11) is 0. The van der Waals surface area contributed by atoms with E-state index in [1.165, 1.54) is 10.8 Å². The van der Waals surface area contributed by atoms with Crippen molar-refractivity contribution in [3.05, 3.63) is 42.6 Å². The van der Waals surface area contributed by atoms with Gasteiger partial charge in [-0.1, -0.05) is 0 Å². The molecule has 1 fully saturated rings. The monoisotopic (exact) mass is 378 g/mol. The minimum Gasteiger partial charge on any atom is -0.364 e. The Morgan fingerprint density at radius 1 is 1.29 bits per heavy atom. The highest BCUT2D eigenvalue weighted by molar-refractivity contribution is 5.89. The first-order chi connectivity index (χ1) is 13.7. The predicted octanol–water partition coefficient (Wildman–Crippen LogP) is 1.19. The lowest BCUT2D eigenvalue weighted by Crippen LogP contribution is -2.35. The number of imidazole rings is 1. The van der Waals surface area contributed by atoms with E-state index in [1.54, 1.807) is 27.9 Å². The summed E-state index contributed by atoms with van der Waals surface area (Å²) in [6.45, 7) is 3.09. The van der Waals surface area contributed by atoms with Crippen LogP contribution in [0.5, 0.6) is 0 Å². The lowest BCUT2D eigenvalue weighted by Gasteiger charge is -2.18. The second kappa shape index (κ2) is 6.44. The van der Waals surface area contributed by atoms with Gasteiger partial charge in [0.05, 0.1) is 0 Å². The van der Waals surface area contributed by atoms with Crippen LogP contribution in [0.2, 0.25) is 0 Å². The van der Waals surface area contributed by atoms with Crippen LogP contribution < -0.4 is 10.6 Å². The van der Waals surface area contributed by atoms with Crippen LogP contribution in [0.25, 0.3) is 11.4 Å². The summed E-state index contributed by atoms with van der Waals surface area (Å²) >= 11 is 0. The summed E-state index contributed by atoms with van der Waals surface area (Å²) in [5, 5.41) is 14.9. The summed E-state index contributed by atoms with van der Waals surface area (Å²) in [4.78, 5) is 27.0. The molecule has 1 saturated heterocycles. The standard InChI is InChI=1S/C17H18N10O/c1-11-8-15(27-16(21-11)19-10-20-27)23-17(28)25-6-4-12(9-25)22-13-2-3-14-18-5-7-26(14)24-13/h2-3,5,7-8,10,12H,4,6,9H2,1H3,(H,22,24)(H,23,28).